The summed E-state index contributed by atoms with van der Waals surface area (Å²) in [6, 6.07) is 36.9. The van der Waals surface area contributed by atoms with E-state index in [1.165, 1.54) is 21.3 Å². The van der Waals surface area contributed by atoms with E-state index in [0.29, 0.717) is 70.5 Å². The van der Waals surface area contributed by atoms with Gasteiger partial charge >= 0.3 is 11.8 Å². The summed E-state index contributed by atoms with van der Waals surface area (Å²) in [4.78, 5) is 14.9. The Hall–Kier alpha value is -6.89. The quantitative estimate of drug-likeness (QED) is 0.0832. The topological polar surface area (TPSA) is 113 Å². The Morgan fingerprint density at radius 1 is 0.643 bits per heavy atom. The fraction of sp³-hybridized carbons (Fsp3) is 0.233. The van der Waals surface area contributed by atoms with Crippen LogP contribution in [0.4, 0.5) is 5.95 Å². The van der Waals surface area contributed by atoms with Crippen molar-refractivity contribution in [3.63, 3.8) is 0 Å². The second-order valence-corrected chi connectivity index (χ2v) is 12.6. The lowest BCUT2D eigenvalue weighted by molar-refractivity contribution is -0.733. The molecule has 1 heterocycles. The minimum atomic E-state index is -0.336. The molecule has 1 amide bonds. The average Bonchev–Trinajstić information content (AvgIpc) is 3.61. The van der Waals surface area contributed by atoms with Crippen LogP contribution in [0.25, 0.3) is 11.4 Å². The largest absolute Gasteiger partial charge is 0.493 e. The van der Waals surface area contributed by atoms with Crippen LogP contribution >= 0.6 is 0 Å². The molecule has 13 nitrogen and oxygen atoms in total. The summed E-state index contributed by atoms with van der Waals surface area (Å²) in [7, 11) is 11.1. The van der Waals surface area contributed by atoms with Crippen LogP contribution in [0.2, 0.25) is 0 Å². The minimum Gasteiger partial charge on any atom is -0.493 e. The molecule has 1 aromatic heterocycles. The van der Waals surface area contributed by atoms with Gasteiger partial charge in [0.25, 0.3) is 5.91 Å². The normalized spacial score (nSPS) is 10.7. The highest BCUT2D eigenvalue weighted by atomic mass is 16.5. The second kappa shape index (κ2) is 18.0. The molecule has 0 bridgehead atoms. The highest BCUT2D eigenvalue weighted by Crippen LogP contribution is 2.42. The third-order valence-electron chi connectivity index (χ3n) is 9.22. The number of benzene rings is 5. The lowest BCUT2D eigenvalue weighted by Gasteiger charge is -2.31. The molecule has 0 radical (unpaired) electrons. The number of hydrogen-bond donors (Lipinski definition) is 1. The van der Waals surface area contributed by atoms with Gasteiger partial charge in [-0.1, -0.05) is 95.7 Å². The highest BCUT2D eigenvalue weighted by Gasteiger charge is 2.36. The molecule has 1 N–H and O–H groups in total. The van der Waals surface area contributed by atoms with Crippen LogP contribution in [0.5, 0.6) is 34.5 Å². The van der Waals surface area contributed by atoms with Gasteiger partial charge in [0.15, 0.2) is 23.0 Å². The number of methoxy groups -OCH3 is 6. The molecule has 13 heteroatoms. The molecule has 0 aliphatic rings. The Bertz CT molecular complexity index is 2180. The summed E-state index contributed by atoms with van der Waals surface area (Å²) in [6.45, 7) is 1.03. The fourth-order valence-corrected chi connectivity index (χ4v) is 6.42. The number of rotatable bonds is 17. The van der Waals surface area contributed by atoms with Gasteiger partial charge in [0.2, 0.25) is 11.5 Å². The van der Waals surface area contributed by atoms with Crippen LogP contribution in [-0.2, 0) is 19.6 Å². The Kier molecular flexibility index (Phi) is 12.4. The summed E-state index contributed by atoms with van der Waals surface area (Å²) in [5.74, 6) is 3.23. The van der Waals surface area contributed by atoms with E-state index >= 15 is 0 Å². The summed E-state index contributed by atoms with van der Waals surface area (Å²) >= 11 is 0. The van der Waals surface area contributed by atoms with Crippen molar-refractivity contribution < 1.29 is 37.9 Å². The molecule has 0 saturated carbocycles. The minimum absolute atomic E-state index is 0.205. The van der Waals surface area contributed by atoms with E-state index in [1.807, 2.05) is 120 Å². The summed E-state index contributed by atoms with van der Waals surface area (Å²) < 4.78 is 37.9. The van der Waals surface area contributed by atoms with Gasteiger partial charge in [0.05, 0.1) is 61.3 Å². The summed E-state index contributed by atoms with van der Waals surface area (Å²) in [5.41, 5.74) is 7.61. The summed E-state index contributed by atoms with van der Waals surface area (Å²) in [6.07, 6.45) is 0. The van der Waals surface area contributed by atoms with E-state index in [0.717, 1.165) is 16.7 Å². The number of nitrogens with zero attached hydrogens (tertiary/aromatic N) is 5. The molecule has 0 spiro atoms. The van der Waals surface area contributed by atoms with Gasteiger partial charge < -0.3 is 28.4 Å². The summed E-state index contributed by atoms with van der Waals surface area (Å²) in [5, 5.41) is 8.63. The fourth-order valence-electron chi connectivity index (χ4n) is 6.42. The lowest BCUT2D eigenvalue weighted by Crippen LogP contribution is -2.46. The van der Waals surface area contributed by atoms with Gasteiger partial charge in [-0.25, -0.2) is 15.4 Å². The van der Waals surface area contributed by atoms with Crippen molar-refractivity contribution in [2.75, 3.05) is 60.1 Å². The maximum Gasteiger partial charge on any atom is 0.377 e. The molecule has 0 aliphatic heterocycles. The molecule has 6 rings (SSSR count). The molecule has 5 aromatic carbocycles. The number of nitrogens with one attached hydrogen (secondary N) is 1. The molecule has 0 fully saturated rings. The van der Waals surface area contributed by atoms with Crippen LogP contribution < -0.4 is 43.5 Å². The van der Waals surface area contributed by atoms with Crippen molar-refractivity contribution in [3.05, 3.63) is 138 Å². The van der Waals surface area contributed by atoms with Gasteiger partial charge in [-0.2, -0.15) is 0 Å². The molecule has 290 valence electrons. The zero-order valence-electron chi connectivity index (χ0n) is 32.7. The average molecular weight is 760 g/mol. The molecule has 0 aliphatic carbocycles. The Morgan fingerprint density at radius 2 is 1.11 bits per heavy atom. The van der Waals surface area contributed by atoms with Crippen LogP contribution in [0, 0.1) is 0 Å². The van der Waals surface area contributed by atoms with Crippen molar-refractivity contribution in [1.29, 1.82) is 0 Å². The van der Waals surface area contributed by atoms with Gasteiger partial charge in [-0.3, -0.25) is 4.79 Å². The first-order valence-electron chi connectivity index (χ1n) is 17.9. The molecule has 0 atom stereocenters. The van der Waals surface area contributed by atoms with Gasteiger partial charge in [-0.15, -0.1) is 4.68 Å². The number of hydrogen-bond acceptors (Lipinski definition) is 10. The maximum atomic E-state index is 14.9. The van der Waals surface area contributed by atoms with E-state index in [-0.39, 0.29) is 12.5 Å². The lowest BCUT2D eigenvalue weighted by atomic mass is 10.1. The Labute approximate surface area is 327 Å². The Balaban J connectivity index is 1.58. The third-order valence-corrected chi connectivity index (χ3v) is 9.22. The van der Waals surface area contributed by atoms with Crippen molar-refractivity contribution in [2.24, 2.45) is 0 Å². The van der Waals surface area contributed by atoms with Gasteiger partial charge in [0.1, 0.15) is 6.54 Å². The van der Waals surface area contributed by atoms with Crippen molar-refractivity contribution in [3.8, 4) is 45.9 Å². The number of anilines is 1. The zero-order chi connectivity index (χ0) is 39.6. The number of hydrazine groups is 1. The van der Waals surface area contributed by atoms with Gasteiger partial charge in [-0.05, 0) is 46.1 Å². The smallest absolute Gasteiger partial charge is 0.377 e. The number of ether oxygens (including phenoxy) is 6. The monoisotopic (exact) mass is 759 g/mol. The van der Waals surface area contributed by atoms with E-state index in [4.69, 9.17) is 33.5 Å². The van der Waals surface area contributed by atoms with Gasteiger partial charge in [0, 0.05) is 12.6 Å². The third kappa shape index (κ3) is 8.26. The SMILES string of the molecule is COc1cc(C(=O)N(Cc2ccccc2)N(C)c2n[n+](Cc3ccccc3)c(-c3cc(OC)c(OC)c(OC)c3)n2NCc2ccccc2)cc(OC)c1OC. The van der Waals surface area contributed by atoms with Crippen molar-refractivity contribution in [2.45, 2.75) is 19.6 Å². The standard InChI is InChI=1S/C43H47N6O7/c1-46(48(29-32-21-15-10-16-22-32)42(50)34-25-37(53-4)40(56-7)38(26-34)54-5)43-45-47(28-31-19-13-9-14-20-31)41(49(43)44-27-30-17-11-8-12-18-30)33-23-35(51-2)39(55-6)36(24-33)52-3/h8-26,44H,27-29H2,1-7H3/q+1. The second-order valence-electron chi connectivity index (χ2n) is 12.6. The number of carbonyl (C=O) groups is 1. The van der Waals surface area contributed by atoms with Crippen LogP contribution in [0.15, 0.2) is 115 Å². The number of aromatic nitrogens is 3. The maximum absolute atomic E-state index is 14.9. The predicted octanol–water partition coefficient (Wildman–Crippen LogP) is 6.38. The first kappa shape index (κ1) is 38.8. The number of amides is 1. The first-order chi connectivity index (χ1) is 27.3. The zero-order valence-corrected chi connectivity index (χ0v) is 32.7. The molecule has 6 aromatic rings. The highest BCUT2D eigenvalue weighted by molar-refractivity contribution is 5.96. The van der Waals surface area contributed by atoms with E-state index in [9.17, 15) is 4.79 Å². The number of carbonyl (C=O) groups excluding carboxylic acids is 1. The molecule has 0 unspecified atom stereocenters. The van der Waals surface area contributed by atoms with Crippen molar-refractivity contribution in [1.82, 2.24) is 14.8 Å². The molecule has 56 heavy (non-hydrogen) atoms. The molecular weight excluding hydrogens is 713 g/mol. The van der Waals surface area contributed by atoms with Crippen LogP contribution in [-0.4, -0.2) is 70.4 Å². The van der Waals surface area contributed by atoms with E-state index < -0.39 is 0 Å². The predicted molar refractivity (Wildman–Crippen MR) is 213 cm³/mol. The first-order valence-corrected chi connectivity index (χ1v) is 17.9. The molecular formula is C43H47N6O7+. The van der Waals surface area contributed by atoms with E-state index in [1.54, 1.807) is 43.5 Å². The van der Waals surface area contributed by atoms with Crippen molar-refractivity contribution >= 4 is 11.9 Å². The Morgan fingerprint density at radius 3 is 1.59 bits per heavy atom. The van der Waals surface area contributed by atoms with Crippen LogP contribution in [0.1, 0.15) is 27.0 Å². The molecule has 0 saturated heterocycles. The van der Waals surface area contributed by atoms with E-state index in [2.05, 4.69) is 5.43 Å². The van der Waals surface area contributed by atoms with Crippen LogP contribution in [0.3, 0.4) is 0 Å².